The first-order valence-corrected chi connectivity index (χ1v) is 10.8. The molecule has 1 atom stereocenters. The van der Waals surface area contributed by atoms with Crippen LogP contribution in [0.2, 0.25) is 5.02 Å². The van der Waals surface area contributed by atoms with Gasteiger partial charge in [0.15, 0.2) is 5.65 Å². The smallest absolute Gasteiger partial charge is 0.277 e. The number of rotatable bonds is 3. The van der Waals surface area contributed by atoms with E-state index < -0.39 is 6.04 Å². The first-order chi connectivity index (χ1) is 15.3. The first-order valence-electron chi connectivity index (χ1n) is 10.4. The van der Waals surface area contributed by atoms with Crippen molar-refractivity contribution < 1.29 is 9.53 Å². The normalized spacial score (nSPS) is 22.1. The number of ether oxygens (including phenoxy) is 1. The molecule has 1 amide bonds. The first kappa shape index (κ1) is 20.7. The minimum Gasteiger partial charge on any atom is -0.402 e. The lowest BCUT2D eigenvalue weighted by molar-refractivity contribution is -0.112. The fourth-order valence-electron chi connectivity index (χ4n) is 4.22. The van der Waals surface area contributed by atoms with Gasteiger partial charge in [0.2, 0.25) is 0 Å². The predicted octanol–water partition coefficient (Wildman–Crippen LogP) is 3.16. The molecule has 0 saturated carbocycles. The molecular weight excluding hydrogens is 428 g/mol. The molecule has 0 spiro atoms. The highest BCUT2D eigenvalue weighted by molar-refractivity contribution is 6.53. The van der Waals surface area contributed by atoms with E-state index in [-0.39, 0.29) is 11.9 Å². The standard InChI is InChI=1S/C23H23ClN6O2/c1-12-8-18(9-29-14(3)27-28-22(12)29)30-21(15-4-6-16(24)7-5-15)19(13(2)25)20(23(30)31)26-17-10-32-11-17/h4-9,17,21H,10-11,25H2,1-3H3. The van der Waals surface area contributed by atoms with E-state index in [0.717, 1.165) is 28.3 Å². The van der Waals surface area contributed by atoms with Crippen molar-refractivity contribution in [2.75, 3.05) is 18.1 Å². The number of carbonyl (C=O) groups is 1. The molecule has 0 aliphatic carbocycles. The van der Waals surface area contributed by atoms with E-state index >= 15 is 0 Å². The third-order valence-corrected chi connectivity index (χ3v) is 6.13. The van der Waals surface area contributed by atoms with Crippen LogP contribution in [0, 0.1) is 13.8 Å². The maximum absolute atomic E-state index is 13.8. The van der Waals surface area contributed by atoms with Crippen molar-refractivity contribution in [3.05, 3.63) is 69.8 Å². The van der Waals surface area contributed by atoms with Gasteiger partial charge in [-0.1, -0.05) is 23.7 Å². The molecule has 2 aliphatic heterocycles. The summed E-state index contributed by atoms with van der Waals surface area (Å²) in [5.74, 6) is 0.548. The molecule has 2 aromatic heterocycles. The molecule has 0 bridgehead atoms. The molecule has 0 radical (unpaired) electrons. The molecule has 5 rings (SSSR count). The van der Waals surface area contributed by atoms with E-state index in [2.05, 4.69) is 10.2 Å². The number of hydrogen-bond acceptors (Lipinski definition) is 6. The van der Waals surface area contributed by atoms with Crippen molar-refractivity contribution in [2.24, 2.45) is 10.7 Å². The van der Waals surface area contributed by atoms with Crippen molar-refractivity contribution in [3.8, 4) is 0 Å². The number of aromatic nitrogens is 3. The summed E-state index contributed by atoms with van der Waals surface area (Å²) in [5, 5.41) is 9.03. The molecule has 3 aromatic rings. The second kappa shape index (κ2) is 7.72. The number of fused-ring (bicyclic) bond motifs is 1. The van der Waals surface area contributed by atoms with Gasteiger partial charge in [-0.05, 0) is 50.1 Å². The summed E-state index contributed by atoms with van der Waals surface area (Å²) in [4.78, 5) is 20.3. The highest BCUT2D eigenvalue weighted by Gasteiger charge is 2.45. The monoisotopic (exact) mass is 450 g/mol. The summed E-state index contributed by atoms with van der Waals surface area (Å²) in [5.41, 5.74) is 11.3. The van der Waals surface area contributed by atoms with Crippen LogP contribution in [0.1, 0.15) is 29.9 Å². The van der Waals surface area contributed by atoms with Gasteiger partial charge >= 0.3 is 0 Å². The number of anilines is 1. The van der Waals surface area contributed by atoms with Gasteiger partial charge in [-0.2, -0.15) is 0 Å². The van der Waals surface area contributed by atoms with E-state index in [9.17, 15) is 4.79 Å². The molecular formula is C23H23ClN6O2. The number of pyridine rings is 1. The van der Waals surface area contributed by atoms with Crippen LogP contribution >= 0.6 is 11.6 Å². The Morgan fingerprint density at radius 1 is 1.22 bits per heavy atom. The van der Waals surface area contributed by atoms with Crippen LogP contribution in [-0.2, 0) is 9.53 Å². The predicted molar refractivity (Wildman–Crippen MR) is 123 cm³/mol. The summed E-state index contributed by atoms with van der Waals surface area (Å²) in [6.07, 6.45) is 1.89. The maximum Gasteiger partial charge on any atom is 0.277 e. The van der Waals surface area contributed by atoms with E-state index in [1.807, 2.05) is 54.8 Å². The van der Waals surface area contributed by atoms with Crippen molar-refractivity contribution in [1.29, 1.82) is 0 Å². The van der Waals surface area contributed by atoms with E-state index in [0.29, 0.717) is 35.2 Å². The second-order valence-corrected chi connectivity index (χ2v) is 8.65. The highest BCUT2D eigenvalue weighted by atomic mass is 35.5. The fourth-order valence-corrected chi connectivity index (χ4v) is 4.35. The molecule has 2 fully saturated rings. The molecule has 9 heteroatoms. The molecule has 1 unspecified atom stereocenters. The molecule has 2 aliphatic rings. The minimum absolute atomic E-state index is 0.0431. The lowest BCUT2D eigenvalue weighted by Crippen LogP contribution is -2.35. The number of benzene rings is 1. The van der Waals surface area contributed by atoms with Gasteiger partial charge in [-0.15, -0.1) is 10.2 Å². The summed E-state index contributed by atoms with van der Waals surface area (Å²) in [7, 11) is 0. The van der Waals surface area contributed by atoms with Gasteiger partial charge in [0, 0.05) is 22.5 Å². The van der Waals surface area contributed by atoms with Crippen LogP contribution in [0.15, 0.2) is 52.8 Å². The maximum atomic E-state index is 13.8. The number of aliphatic imine (C=N–C) groups is 1. The Bertz CT molecular complexity index is 1290. The van der Waals surface area contributed by atoms with Gasteiger partial charge < -0.3 is 10.5 Å². The molecule has 1 aromatic carbocycles. The molecule has 8 nitrogen and oxygen atoms in total. The number of aryl methyl sites for hydroxylation is 2. The minimum atomic E-state index is -0.432. The van der Waals surface area contributed by atoms with Crippen molar-refractivity contribution in [3.63, 3.8) is 0 Å². The zero-order valence-corrected chi connectivity index (χ0v) is 18.8. The third-order valence-electron chi connectivity index (χ3n) is 5.87. The zero-order valence-electron chi connectivity index (χ0n) is 18.0. The van der Waals surface area contributed by atoms with Crippen LogP contribution < -0.4 is 10.6 Å². The Kier molecular flexibility index (Phi) is 4.98. The van der Waals surface area contributed by atoms with Gasteiger partial charge in [0.05, 0.1) is 31.0 Å². The summed E-state index contributed by atoms with van der Waals surface area (Å²) in [6, 6.07) is 8.94. The second-order valence-electron chi connectivity index (χ2n) is 8.22. The van der Waals surface area contributed by atoms with Crippen molar-refractivity contribution in [1.82, 2.24) is 14.6 Å². The molecule has 4 heterocycles. The average molecular weight is 451 g/mol. The lowest BCUT2D eigenvalue weighted by Gasteiger charge is -2.26. The van der Waals surface area contributed by atoms with Gasteiger partial charge in [-0.25, -0.2) is 0 Å². The Hall–Kier alpha value is -3.23. The van der Waals surface area contributed by atoms with E-state index in [4.69, 9.17) is 27.1 Å². The number of amides is 1. The summed E-state index contributed by atoms with van der Waals surface area (Å²) < 4.78 is 7.16. The van der Waals surface area contributed by atoms with Crippen molar-refractivity contribution in [2.45, 2.75) is 32.9 Å². The Labute approximate surface area is 190 Å². The highest BCUT2D eigenvalue weighted by Crippen LogP contribution is 2.41. The van der Waals surface area contributed by atoms with Crippen LogP contribution in [0.3, 0.4) is 0 Å². The average Bonchev–Trinajstić information content (AvgIpc) is 3.23. The molecule has 2 N–H and O–H groups in total. The third kappa shape index (κ3) is 3.27. The Morgan fingerprint density at radius 3 is 2.56 bits per heavy atom. The topological polar surface area (TPSA) is 98.1 Å². The van der Waals surface area contributed by atoms with E-state index in [1.165, 1.54) is 0 Å². The number of nitrogens with two attached hydrogens (primary N) is 1. The molecule has 32 heavy (non-hydrogen) atoms. The van der Waals surface area contributed by atoms with E-state index in [1.54, 1.807) is 11.8 Å². The number of halogens is 1. The van der Waals surface area contributed by atoms with Crippen molar-refractivity contribution >= 4 is 34.6 Å². The summed E-state index contributed by atoms with van der Waals surface area (Å²) >= 11 is 6.14. The zero-order chi connectivity index (χ0) is 22.6. The lowest BCUT2D eigenvalue weighted by atomic mass is 9.96. The largest absolute Gasteiger partial charge is 0.402 e. The Balaban J connectivity index is 1.74. The van der Waals surface area contributed by atoms with Gasteiger partial charge in [0.1, 0.15) is 11.5 Å². The van der Waals surface area contributed by atoms with Gasteiger partial charge in [-0.3, -0.25) is 19.1 Å². The quantitative estimate of drug-likeness (QED) is 0.660. The van der Waals surface area contributed by atoms with Gasteiger partial charge in [0.25, 0.3) is 5.91 Å². The molecule has 2 saturated heterocycles. The number of allylic oxidation sites excluding steroid dienone is 1. The van der Waals surface area contributed by atoms with Crippen LogP contribution in [-0.4, -0.2) is 45.5 Å². The van der Waals surface area contributed by atoms with Crippen LogP contribution in [0.4, 0.5) is 5.69 Å². The molecule has 164 valence electrons. The number of carbonyl (C=O) groups excluding carboxylic acids is 1. The van der Waals surface area contributed by atoms with Crippen LogP contribution in [0.25, 0.3) is 5.65 Å². The Morgan fingerprint density at radius 2 is 1.94 bits per heavy atom. The summed E-state index contributed by atoms with van der Waals surface area (Å²) in [6.45, 7) is 6.65. The SMILES string of the molecule is CC(N)=C1C(=NC2COC2)C(=O)N(c2cc(C)c3nnc(C)n3c2)C1c1ccc(Cl)cc1. The number of nitrogens with zero attached hydrogens (tertiary/aromatic N) is 5. The number of hydrogen-bond donors (Lipinski definition) is 1. The fraction of sp³-hybridized carbons (Fsp3) is 0.304. The van der Waals surface area contributed by atoms with Crippen LogP contribution in [0.5, 0.6) is 0 Å².